The van der Waals surface area contributed by atoms with Gasteiger partial charge in [0, 0.05) is 24.2 Å². The van der Waals surface area contributed by atoms with Gasteiger partial charge in [-0.25, -0.2) is 14.6 Å². The van der Waals surface area contributed by atoms with E-state index < -0.39 is 0 Å². The summed E-state index contributed by atoms with van der Waals surface area (Å²) in [4.78, 5) is 24.0. The molecule has 0 spiro atoms. The van der Waals surface area contributed by atoms with E-state index in [0.717, 1.165) is 25.9 Å². The van der Waals surface area contributed by atoms with Crippen LogP contribution in [-0.2, 0) is 0 Å². The average Bonchev–Trinajstić information content (AvgIpc) is 3.61. The van der Waals surface area contributed by atoms with E-state index in [2.05, 4.69) is 26.4 Å². The number of rotatable bonds is 5. The number of nitrogen functional groups attached to an aromatic ring is 1. The van der Waals surface area contributed by atoms with Gasteiger partial charge in [-0.05, 0) is 62.4 Å². The van der Waals surface area contributed by atoms with E-state index in [9.17, 15) is 4.79 Å². The average molecular weight is 523 g/mol. The predicted molar refractivity (Wildman–Crippen MR) is 145 cm³/mol. The van der Waals surface area contributed by atoms with E-state index in [1.807, 2.05) is 29.8 Å². The quantitative estimate of drug-likeness (QED) is 0.396. The van der Waals surface area contributed by atoms with Crippen LogP contribution in [0.5, 0.6) is 11.5 Å². The van der Waals surface area contributed by atoms with Crippen LogP contribution in [0.3, 0.4) is 0 Å². The summed E-state index contributed by atoms with van der Waals surface area (Å²) in [6, 6.07) is 12.1. The maximum atomic E-state index is 12.9. The Labute approximate surface area is 224 Å². The fourth-order valence-electron chi connectivity index (χ4n) is 5.14. The van der Waals surface area contributed by atoms with Crippen molar-refractivity contribution in [3.8, 4) is 28.8 Å². The van der Waals surface area contributed by atoms with Gasteiger partial charge in [0.2, 0.25) is 6.79 Å². The van der Waals surface area contributed by atoms with Crippen molar-refractivity contribution in [2.24, 2.45) is 0 Å². The van der Waals surface area contributed by atoms with Crippen LogP contribution in [0, 0.1) is 11.3 Å². The highest BCUT2D eigenvalue weighted by atomic mass is 16.7. The molecule has 1 amide bonds. The maximum absolute atomic E-state index is 12.9. The van der Waals surface area contributed by atoms with E-state index in [0.29, 0.717) is 56.4 Å². The first-order valence-electron chi connectivity index (χ1n) is 12.7. The lowest BCUT2D eigenvalue weighted by molar-refractivity contribution is 0.102. The molecule has 0 saturated carbocycles. The molecule has 1 saturated heterocycles. The van der Waals surface area contributed by atoms with Gasteiger partial charge in [-0.1, -0.05) is 6.08 Å². The largest absolute Gasteiger partial charge is 0.453 e. The summed E-state index contributed by atoms with van der Waals surface area (Å²) < 4.78 is 13.6. The Morgan fingerprint density at radius 2 is 2.00 bits per heavy atom. The molecule has 4 aromatic rings. The Balaban J connectivity index is 1.39. The molecule has 6 rings (SSSR count). The lowest BCUT2D eigenvalue weighted by atomic mass is 10.1. The number of hydrogen-bond donors (Lipinski definition) is 2. The highest BCUT2D eigenvalue weighted by Crippen LogP contribution is 2.48. The molecule has 3 N–H and O–H groups in total. The number of allylic oxidation sites excluding steroid dienone is 1. The minimum Gasteiger partial charge on any atom is -0.453 e. The lowest BCUT2D eigenvalue weighted by Gasteiger charge is -2.32. The zero-order chi connectivity index (χ0) is 26.9. The Hall–Kier alpha value is -5.11. The maximum Gasteiger partial charge on any atom is 0.255 e. The molecule has 1 atom stereocenters. The number of carbonyl (C=O) groups is 1. The van der Waals surface area contributed by atoms with Crippen LogP contribution in [0.4, 0.5) is 11.5 Å². The number of nitrogens with one attached hydrogen (secondary N) is 1. The van der Waals surface area contributed by atoms with Crippen molar-refractivity contribution in [2.75, 3.05) is 30.9 Å². The Morgan fingerprint density at radius 3 is 2.79 bits per heavy atom. The third-order valence-corrected chi connectivity index (χ3v) is 6.95. The number of carbonyl (C=O) groups excluding carboxylic acids is 1. The highest BCUT2D eigenvalue weighted by Gasteiger charge is 2.30. The fourth-order valence-corrected chi connectivity index (χ4v) is 5.14. The van der Waals surface area contributed by atoms with Crippen molar-refractivity contribution in [2.45, 2.75) is 25.8 Å². The number of ether oxygens (including phenoxy) is 2. The first-order valence-corrected chi connectivity index (χ1v) is 12.7. The van der Waals surface area contributed by atoms with Gasteiger partial charge in [-0.2, -0.15) is 10.4 Å². The molecular weight excluding hydrogens is 496 g/mol. The van der Waals surface area contributed by atoms with Crippen molar-refractivity contribution in [1.82, 2.24) is 24.6 Å². The molecule has 2 aromatic heterocycles. The molecule has 0 radical (unpaired) electrons. The van der Waals surface area contributed by atoms with Gasteiger partial charge >= 0.3 is 0 Å². The Morgan fingerprint density at radius 1 is 1.18 bits per heavy atom. The molecule has 0 bridgehead atoms. The number of nitriles is 1. The summed E-state index contributed by atoms with van der Waals surface area (Å²) in [6.07, 6.45) is 7.60. The molecule has 1 fully saturated rings. The molecule has 2 aromatic carbocycles. The highest BCUT2D eigenvalue weighted by molar-refractivity contribution is 6.06. The number of fused-ring (bicyclic) bond motifs is 2. The van der Waals surface area contributed by atoms with E-state index in [1.54, 1.807) is 30.3 Å². The van der Waals surface area contributed by atoms with E-state index >= 15 is 0 Å². The summed E-state index contributed by atoms with van der Waals surface area (Å²) in [6.45, 7) is 3.82. The number of nitrogens with zero attached hydrogens (tertiary/aromatic N) is 6. The summed E-state index contributed by atoms with van der Waals surface area (Å²) in [5.74, 6) is 0.861. The van der Waals surface area contributed by atoms with Crippen molar-refractivity contribution >= 4 is 28.4 Å². The second-order valence-corrected chi connectivity index (χ2v) is 9.39. The third-order valence-electron chi connectivity index (χ3n) is 6.95. The van der Waals surface area contributed by atoms with Crippen LogP contribution in [-0.4, -0.2) is 50.4 Å². The molecule has 0 aliphatic carbocycles. The molecular formula is C28H26N8O3. The van der Waals surface area contributed by atoms with Crippen molar-refractivity contribution in [3.63, 3.8) is 0 Å². The number of aromatic nitrogens is 4. The molecule has 39 heavy (non-hydrogen) atoms. The number of amides is 1. The van der Waals surface area contributed by atoms with Gasteiger partial charge < -0.3 is 25.4 Å². The Kier molecular flexibility index (Phi) is 6.20. The Bertz CT molecular complexity index is 1640. The van der Waals surface area contributed by atoms with Gasteiger partial charge in [0.05, 0.1) is 28.7 Å². The van der Waals surface area contributed by atoms with E-state index in [-0.39, 0.29) is 18.7 Å². The molecule has 0 unspecified atom stereocenters. The van der Waals surface area contributed by atoms with Gasteiger partial charge in [0.25, 0.3) is 5.91 Å². The van der Waals surface area contributed by atoms with Crippen molar-refractivity contribution in [3.05, 3.63) is 66.1 Å². The van der Waals surface area contributed by atoms with E-state index in [4.69, 9.17) is 25.6 Å². The summed E-state index contributed by atoms with van der Waals surface area (Å²) in [7, 11) is 0. The van der Waals surface area contributed by atoms with Crippen molar-refractivity contribution < 1.29 is 14.3 Å². The van der Waals surface area contributed by atoms with Gasteiger partial charge in [-0.3, -0.25) is 4.79 Å². The fraction of sp³-hybridized carbons (Fsp3) is 0.250. The van der Waals surface area contributed by atoms with Crippen molar-refractivity contribution in [1.29, 1.82) is 5.26 Å². The smallest absolute Gasteiger partial charge is 0.255 e. The second-order valence-electron chi connectivity index (χ2n) is 9.39. The number of hydrogen-bond acceptors (Lipinski definition) is 9. The summed E-state index contributed by atoms with van der Waals surface area (Å²) >= 11 is 0. The monoisotopic (exact) mass is 522 g/mol. The molecule has 11 nitrogen and oxygen atoms in total. The minimum atomic E-state index is -0.333. The van der Waals surface area contributed by atoms with E-state index in [1.165, 1.54) is 6.33 Å². The van der Waals surface area contributed by atoms with Crippen LogP contribution in [0.15, 0.2) is 55.0 Å². The van der Waals surface area contributed by atoms with Gasteiger partial charge in [-0.15, -0.1) is 0 Å². The number of nitrogens with two attached hydrogens (primary N) is 1. The molecule has 2 aliphatic rings. The second kappa shape index (κ2) is 9.98. The number of likely N-dealkylation sites (tertiary alicyclic amines) is 1. The third kappa shape index (κ3) is 4.35. The molecule has 2 aliphatic heterocycles. The standard InChI is InChI=1S/C28H26N8O3/c1-2-11-35-12-3-4-19(14-35)36-27-22(26(30)31-15-32-27)23(34-36)20-9-10-21(25-24(20)38-16-39-25)33-28(37)18-7-5-17(13-29)6-8-18/h2,5-11,15,19H,3-4,12,14,16H2,1H3,(H,33,37)(H2,30,31,32)/t19-/m1/s1. The summed E-state index contributed by atoms with van der Waals surface area (Å²) in [5, 5.41) is 17.5. The SMILES string of the molecule is CC=CN1CCC[C@@H](n2nc(-c3ccc(NC(=O)c4ccc(C#N)cc4)c4c3OCO4)c3c(N)ncnc32)C1. The number of piperidine rings is 1. The van der Waals surface area contributed by atoms with Crippen LogP contribution in [0.1, 0.15) is 41.7 Å². The lowest BCUT2D eigenvalue weighted by Crippen LogP contribution is -2.33. The topological polar surface area (TPSA) is 144 Å². The molecule has 11 heteroatoms. The number of anilines is 2. The molecule has 4 heterocycles. The van der Waals surface area contributed by atoms with Gasteiger partial charge in [0.1, 0.15) is 17.8 Å². The normalized spacial score (nSPS) is 16.5. The minimum absolute atomic E-state index is 0.00234. The summed E-state index contributed by atoms with van der Waals surface area (Å²) in [5.41, 5.74) is 9.65. The zero-order valence-electron chi connectivity index (χ0n) is 21.3. The van der Waals surface area contributed by atoms with Crippen LogP contribution < -0.4 is 20.5 Å². The van der Waals surface area contributed by atoms with Crippen LogP contribution in [0.25, 0.3) is 22.3 Å². The first-order chi connectivity index (χ1) is 19.1. The number of benzene rings is 2. The predicted octanol–water partition coefficient (Wildman–Crippen LogP) is 4.10. The first kappa shape index (κ1) is 24.2. The molecule has 196 valence electrons. The van der Waals surface area contributed by atoms with Gasteiger partial charge in [0.15, 0.2) is 17.1 Å². The van der Waals surface area contributed by atoms with Crippen LogP contribution in [0.2, 0.25) is 0 Å². The van der Waals surface area contributed by atoms with Crippen LogP contribution >= 0.6 is 0 Å². The zero-order valence-corrected chi connectivity index (χ0v) is 21.3.